The molecule has 2 heterocycles. The first-order chi connectivity index (χ1) is 10.3. The minimum absolute atomic E-state index is 0.261. The highest BCUT2D eigenvalue weighted by molar-refractivity contribution is 5.79. The van der Waals surface area contributed by atoms with E-state index in [1.54, 1.807) is 6.07 Å². The van der Waals surface area contributed by atoms with Crippen LogP contribution in [0.1, 0.15) is 31.4 Å². The molecule has 2 aliphatic rings. The molecule has 21 heavy (non-hydrogen) atoms. The molecule has 1 aromatic heterocycles. The molecule has 110 valence electrons. The summed E-state index contributed by atoms with van der Waals surface area (Å²) in [5.41, 5.74) is 0.442. The number of carbonyl (C=O) groups is 1. The lowest BCUT2D eigenvalue weighted by molar-refractivity contribution is -0.135. The molecule has 5 nitrogen and oxygen atoms in total. The van der Waals surface area contributed by atoms with Crippen molar-refractivity contribution in [2.75, 3.05) is 31.1 Å². The maximum absolute atomic E-state index is 12.4. The fourth-order valence-corrected chi connectivity index (χ4v) is 3.25. The number of rotatable bonds is 2. The number of amides is 1. The summed E-state index contributed by atoms with van der Waals surface area (Å²) in [4.78, 5) is 20.9. The van der Waals surface area contributed by atoms with E-state index >= 15 is 0 Å². The molecule has 0 N–H and O–H groups in total. The molecule has 1 saturated carbocycles. The number of hydrogen-bond acceptors (Lipinski definition) is 4. The summed E-state index contributed by atoms with van der Waals surface area (Å²) in [6, 6.07) is 7.56. The average molecular weight is 284 g/mol. The van der Waals surface area contributed by atoms with Crippen LogP contribution in [-0.2, 0) is 4.79 Å². The predicted molar refractivity (Wildman–Crippen MR) is 79.7 cm³/mol. The third-order valence-corrected chi connectivity index (χ3v) is 4.47. The number of carbonyl (C=O) groups excluding carboxylic acids is 1. The van der Waals surface area contributed by atoms with Gasteiger partial charge in [0.25, 0.3) is 0 Å². The van der Waals surface area contributed by atoms with E-state index in [4.69, 9.17) is 5.26 Å². The summed E-state index contributed by atoms with van der Waals surface area (Å²) in [6.07, 6.45) is 4.51. The third-order valence-electron chi connectivity index (χ3n) is 4.47. The number of piperazine rings is 1. The van der Waals surface area contributed by atoms with Crippen LogP contribution in [0.25, 0.3) is 0 Å². The quantitative estimate of drug-likeness (QED) is 0.830. The molecule has 1 aliphatic carbocycles. The molecule has 0 aromatic carbocycles. The fourth-order valence-electron chi connectivity index (χ4n) is 3.25. The van der Waals surface area contributed by atoms with Crippen molar-refractivity contribution in [3.05, 3.63) is 23.9 Å². The first-order valence-electron chi connectivity index (χ1n) is 7.69. The largest absolute Gasteiger partial charge is 0.353 e. The highest BCUT2D eigenvalue weighted by Gasteiger charge is 2.29. The van der Waals surface area contributed by atoms with Crippen molar-refractivity contribution < 1.29 is 4.79 Å². The molecular weight excluding hydrogens is 264 g/mol. The summed E-state index contributed by atoms with van der Waals surface area (Å²) in [5, 5.41) is 8.91. The number of anilines is 1. The number of nitrogens with zero attached hydrogens (tertiary/aromatic N) is 4. The SMILES string of the molecule is N#Cc1cccc(N2CCN(C(=O)C3CCCC3)CC2)n1. The third kappa shape index (κ3) is 2.99. The minimum Gasteiger partial charge on any atom is -0.353 e. The summed E-state index contributed by atoms with van der Waals surface area (Å²) >= 11 is 0. The van der Waals surface area contributed by atoms with Crippen molar-refractivity contribution in [2.24, 2.45) is 5.92 Å². The fraction of sp³-hybridized carbons (Fsp3) is 0.562. The molecule has 0 radical (unpaired) electrons. The molecule has 3 rings (SSSR count). The molecular formula is C16H20N4O. The molecule has 1 aromatic rings. The van der Waals surface area contributed by atoms with Crippen LogP contribution in [0.15, 0.2) is 18.2 Å². The lowest BCUT2D eigenvalue weighted by Gasteiger charge is -2.36. The Morgan fingerprint density at radius 2 is 1.90 bits per heavy atom. The molecule has 1 amide bonds. The van der Waals surface area contributed by atoms with Crippen LogP contribution in [0.3, 0.4) is 0 Å². The maximum Gasteiger partial charge on any atom is 0.225 e. The smallest absolute Gasteiger partial charge is 0.225 e. The zero-order chi connectivity index (χ0) is 14.7. The van der Waals surface area contributed by atoms with Crippen LogP contribution in [0, 0.1) is 17.2 Å². The van der Waals surface area contributed by atoms with Gasteiger partial charge >= 0.3 is 0 Å². The van der Waals surface area contributed by atoms with E-state index in [0.717, 1.165) is 44.8 Å². The van der Waals surface area contributed by atoms with Gasteiger partial charge in [0.15, 0.2) is 0 Å². The lowest BCUT2D eigenvalue weighted by Crippen LogP contribution is -2.50. The second kappa shape index (κ2) is 6.13. The lowest BCUT2D eigenvalue weighted by atomic mass is 10.1. The monoisotopic (exact) mass is 284 g/mol. The Hall–Kier alpha value is -2.09. The molecule has 5 heteroatoms. The van der Waals surface area contributed by atoms with E-state index in [0.29, 0.717) is 11.6 Å². The predicted octanol–water partition coefficient (Wildman–Crippen LogP) is 1.79. The Bertz CT molecular complexity index is 552. The molecule has 0 spiro atoms. The van der Waals surface area contributed by atoms with Crippen molar-refractivity contribution in [1.82, 2.24) is 9.88 Å². The van der Waals surface area contributed by atoms with Gasteiger partial charge in [0.1, 0.15) is 17.6 Å². The van der Waals surface area contributed by atoms with Crippen LogP contribution in [-0.4, -0.2) is 42.0 Å². The summed E-state index contributed by atoms with van der Waals surface area (Å²) < 4.78 is 0. The highest BCUT2D eigenvalue weighted by Crippen LogP contribution is 2.27. The standard InChI is InChI=1S/C16H20N4O/c17-12-14-6-3-7-15(18-14)19-8-10-20(11-9-19)16(21)13-4-1-2-5-13/h3,6-7,13H,1-2,4-5,8-11H2. The summed E-state index contributed by atoms with van der Waals surface area (Å²) in [6.45, 7) is 3.10. The zero-order valence-corrected chi connectivity index (χ0v) is 12.2. The number of aromatic nitrogens is 1. The van der Waals surface area contributed by atoms with Crippen molar-refractivity contribution in [1.29, 1.82) is 5.26 Å². The second-order valence-electron chi connectivity index (χ2n) is 5.79. The van der Waals surface area contributed by atoms with Gasteiger partial charge in [-0.05, 0) is 25.0 Å². The van der Waals surface area contributed by atoms with Gasteiger partial charge in [0, 0.05) is 32.1 Å². The Balaban J connectivity index is 1.59. The van der Waals surface area contributed by atoms with E-state index in [2.05, 4.69) is 16.0 Å². The summed E-state index contributed by atoms with van der Waals surface area (Å²) in [5.74, 6) is 1.43. The van der Waals surface area contributed by atoms with Crippen LogP contribution >= 0.6 is 0 Å². The van der Waals surface area contributed by atoms with Gasteiger partial charge in [0.2, 0.25) is 5.91 Å². The molecule has 0 bridgehead atoms. The van der Waals surface area contributed by atoms with E-state index in [-0.39, 0.29) is 5.92 Å². The minimum atomic E-state index is 0.261. The Kier molecular flexibility index (Phi) is 4.05. The summed E-state index contributed by atoms with van der Waals surface area (Å²) in [7, 11) is 0. The zero-order valence-electron chi connectivity index (χ0n) is 12.2. The van der Waals surface area contributed by atoms with Crippen molar-refractivity contribution in [2.45, 2.75) is 25.7 Å². The number of pyridine rings is 1. The van der Waals surface area contributed by atoms with Crippen molar-refractivity contribution in [3.63, 3.8) is 0 Å². The van der Waals surface area contributed by atoms with Crippen molar-refractivity contribution in [3.8, 4) is 6.07 Å². The van der Waals surface area contributed by atoms with Gasteiger partial charge < -0.3 is 9.80 Å². The molecule has 0 unspecified atom stereocenters. The van der Waals surface area contributed by atoms with Crippen LogP contribution in [0.4, 0.5) is 5.82 Å². The van der Waals surface area contributed by atoms with E-state index in [1.807, 2.05) is 17.0 Å². The molecule has 1 saturated heterocycles. The van der Waals surface area contributed by atoms with Crippen LogP contribution in [0.2, 0.25) is 0 Å². The maximum atomic E-state index is 12.4. The first kappa shape index (κ1) is 13.9. The van der Waals surface area contributed by atoms with Gasteiger partial charge in [-0.1, -0.05) is 18.9 Å². The van der Waals surface area contributed by atoms with Crippen molar-refractivity contribution >= 4 is 11.7 Å². The highest BCUT2D eigenvalue weighted by atomic mass is 16.2. The average Bonchev–Trinajstić information content (AvgIpc) is 3.09. The van der Waals surface area contributed by atoms with Gasteiger partial charge in [-0.25, -0.2) is 4.98 Å². The second-order valence-corrected chi connectivity index (χ2v) is 5.79. The van der Waals surface area contributed by atoms with E-state index in [1.165, 1.54) is 12.8 Å². The van der Waals surface area contributed by atoms with E-state index < -0.39 is 0 Å². The normalized spacial score (nSPS) is 19.6. The van der Waals surface area contributed by atoms with Gasteiger partial charge in [-0.3, -0.25) is 4.79 Å². The Morgan fingerprint density at radius 1 is 1.19 bits per heavy atom. The van der Waals surface area contributed by atoms with E-state index in [9.17, 15) is 4.79 Å². The molecule has 2 fully saturated rings. The first-order valence-corrected chi connectivity index (χ1v) is 7.69. The van der Waals surface area contributed by atoms with Gasteiger partial charge in [0.05, 0.1) is 0 Å². The topological polar surface area (TPSA) is 60.2 Å². The van der Waals surface area contributed by atoms with Gasteiger partial charge in [-0.2, -0.15) is 5.26 Å². The molecule has 0 atom stereocenters. The van der Waals surface area contributed by atoms with Crippen LogP contribution < -0.4 is 4.90 Å². The Labute approximate surface area is 125 Å². The Morgan fingerprint density at radius 3 is 2.57 bits per heavy atom. The van der Waals surface area contributed by atoms with Crippen LogP contribution in [0.5, 0.6) is 0 Å². The number of hydrogen-bond donors (Lipinski definition) is 0. The van der Waals surface area contributed by atoms with Gasteiger partial charge in [-0.15, -0.1) is 0 Å². The molecule has 1 aliphatic heterocycles. The number of nitriles is 1.